The average Bonchev–Trinajstić information content (AvgIpc) is 2.38. The highest BCUT2D eigenvalue weighted by Gasteiger charge is 2.22. The highest BCUT2D eigenvalue weighted by atomic mass is 79.9. The van der Waals surface area contributed by atoms with Crippen LogP contribution in [0.1, 0.15) is 37.2 Å². The van der Waals surface area contributed by atoms with Crippen molar-refractivity contribution in [3.05, 3.63) is 42.1 Å². The van der Waals surface area contributed by atoms with Gasteiger partial charge in [-0.3, -0.25) is 4.98 Å². The lowest BCUT2D eigenvalue weighted by Gasteiger charge is -2.26. The molecule has 2 atom stereocenters. The summed E-state index contributed by atoms with van der Waals surface area (Å²) in [6.07, 6.45) is 7.09. The molecule has 3 rings (SSSR count). The number of hydrogen-bond donors (Lipinski definition) is 0. The molecule has 17 heavy (non-hydrogen) atoms. The van der Waals surface area contributed by atoms with Crippen molar-refractivity contribution in [3.63, 3.8) is 0 Å². The van der Waals surface area contributed by atoms with Gasteiger partial charge in [-0.2, -0.15) is 0 Å². The van der Waals surface area contributed by atoms with Gasteiger partial charge in [0.15, 0.2) is 0 Å². The number of aromatic nitrogens is 1. The maximum absolute atomic E-state index is 4.57. The van der Waals surface area contributed by atoms with Gasteiger partial charge in [0.1, 0.15) is 0 Å². The van der Waals surface area contributed by atoms with Crippen LogP contribution in [-0.4, -0.2) is 9.81 Å². The molecule has 1 saturated carbocycles. The molecule has 0 radical (unpaired) electrons. The van der Waals surface area contributed by atoms with Crippen LogP contribution in [0.3, 0.4) is 0 Å². The number of para-hydroxylation sites is 1. The van der Waals surface area contributed by atoms with Crippen LogP contribution >= 0.6 is 15.9 Å². The summed E-state index contributed by atoms with van der Waals surface area (Å²) < 4.78 is 0. The number of fused-ring (bicyclic) bond motifs is 1. The van der Waals surface area contributed by atoms with Gasteiger partial charge in [-0.05, 0) is 36.8 Å². The minimum absolute atomic E-state index is 0.673. The summed E-state index contributed by atoms with van der Waals surface area (Å²) in [5.41, 5.74) is 2.63. The minimum atomic E-state index is 0.673. The van der Waals surface area contributed by atoms with E-state index in [9.17, 15) is 0 Å². The second-order valence-corrected chi connectivity index (χ2v) is 6.18. The molecule has 0 amide bonds. The van der Waals surface area contributed by atoms with Crippen LogP contribution in [0, 0.1) is 0 Å². The first-order valence-corrected chi connectivity index (χ1v) is 7.24. The van der Waals surface area contributed by atoms with Crippen LogP contribution < -0.4 is 0 Å². The molecule has 0 saturated heterocycles. The maximum Gasteiger partial charge on any atom is 0.0736 e. The van der Waals surface area contributed by atoms with Gasteiger partial charge < -0.3 is 0 Å². The van der Waals surface area contributed by atoms with Gasteiger partial charge in [0.2, 0.25) is 0 Å². The lowest BCUT2D eigenvalue weighted by Crippen LogP contribution is -2.14. The first kappa shape index (κ1) is 11.2. The Morgan fingerprint density at radius 2 is 2.00 bits per heavy atom. The predicted octanol–water partition coefficient (Wildman–Crippen LogP) is 4.66. The number of pyridine rings is 1. The Morgan fingerprint density at radius 3 is 2.88 bits per heavy atom. The summed E-state index contributed by atoms with van der Waals surface area (Å²) in [5.74, 6) is 0.673. The Balaban J connectivity index is 2.04. The van der Waals surface area contributed by atoms with E-state index < -0.39 is 0 Å². The Morgan fingerprint density at radius 1 is 1.12 bits per heavy atom. The zero-order valence-electron chi connectivity index (χ0n) is 9.77. The maximum atomic E-state index is 4.57. The van der Waals surface area contributed by atoms with Gasteiger partial charge in [-0.15, -0.1) is 0 Å². The first-order chi connectivity index (χ1) is 8.34. The SMILES string of the molecule is BrC1CCCC(c2cccc3cccnc23)C1. The van der Waals surface area contributed by atoms with E-state index in [1.165, 1.54) is 42.1 Å². The van der Waals surface area contributed by atoms with E-state index in [2.05, 4.69) is 45.2 Å². The Bertz CT molecular complexity index is 518. The molecule has 1 aliphatic carbocycles. The zero-order valence-corrected chi connectivity index (χ0v) is 11.4. The van der Waals surface area contributed by atoms with Gasteiger partial charge in [0, 0.05) is 16.4 Å². The second kappa shape index (κ2) is 4.77. The van der Waals surface area contributed by atoms with Crippen molar-refractivity contribution in [2.24, 2.45) is 0 Å². The third kappa shape index (κ3) is 2.23. The molecular weight excluding hydrogens is 274 g/mol. The van der Waals surface area contributed by atoms with E-state index in [-0.39, 0.29) is 0 Å². The van der Waals surface area contributed by atoms with Gasteiger partial charge in [0.05, 0.1) is 5.52 Å². The van der Waals surface area contributed by atoms with E-state index in [0.717, 1.165) is 0 Å². The molecule has 88 valence electrons. The van der Waals surface area contributed by atoms with Crippen molar-refractivity contribution in [1.82, 2.24) is 4.98 Å². The van der Waals surface area contributed by atoms with Crippen LogP contribution in [-0.2, 0) is 0 Å². The number of rotatable bonds is 1. The monoisotopic (exact) mass is 289 g/mol. The summed E-state index contributed by atoms with van der Waals surface area (Å²) >= 11 is 3.77. The summed E-state index contributed by atoms with van der Waals surface area (Å²) in [7, 11) is 0. The van der Waals surface area contributed by atoms with E-state index in [4.69, 9.17) is 0 Å². The average molecular weight is 290 g/mol. The van der Waals surface area contributed by atoms with E-state index in [0.29, 0.717) is 10.7 Å². The topological polar surface area (TPSA) is 12.9 Å². The molecule has 1 heterocycles. The highest BCUT2D eigenvalue weighted by molar-refractivity contribution is 9.09. The molecule has 0 N–H and O–H groups in total. The van der Waals surface area contributed by atoms with Crippen molar-refractivity contribution in [2.45, 2.75) is 36.4 Å². The lowest BCUT2D eigenvalue weighted by atomic mass is 9.83. The number of alkyl halides is 1. The van der Waals surface area contributed by atoms with Crippen LogP contribution in [0.15, 0.2) is 36.5 Å². The van der Waals surface area contributed by atoms with Crippen LogP contribution in [0.25, 0.3) is 10.9 Å². The molecule has 0 spiro atoms. The number of hydrogen-bond acceptors (Lipinski definition) is 1. The molecule has 1 aromatic heterocycles. The minimum Gasteiger partial charge on any atom is -0.256 e. The lowest BCUT2D eigenvalue weighted by molar-refractivity contribution is 0.460. The molecule has 1 aromatic carbocycles. The first-order valence-electron chi connectivity index (χ1n) is 6.32. The standard InChI is InChI=1S/C15H16BrN/c16-13-7-1-5-12(10-13)14-8-2-4-11-6-3-9-17-15(11)14/h2-4,6,8-9,12-13H,1,5,7,10H2. The van der Waals surface area contributed by atoms with Crippen molar-refractivity contribution in [1.29, 1.82) is 0 Å². The molecule has 1 aliphatic rings. The zero-order chi connectivity index (χ0) is 11.7. The predicted molar refractivity (Wildman–Crippen MR) is 75.7 cm³/mol. The highest BCUT2D eigenvalue weighted by Crippen LogP contribution is 2.38. The number of benzene rings is 1. The van der Waals surface area contributed by atoms with Crippen LogP contribution in [0.4, 0.5) is 0 Å². The molecule has 0 aliphatic heterocycles. The van der Waals surface area contributed by atoms with Gasteiger partial charge in [-0.25, -0.2) is 0 Å². The van der Waals surface area contributed by atoms with Crippen molar-refractivity contribution >= 4 is 26.8 Å². The summed E-state index contributed by atoms with van der Waals surface area (Å²) in [5, 5.41) is 1.27. The number of nitrogens with zero attached hydrogens (tertiary/aromatic N) is 1. The summed E-state index contributed by atoms with van der Waals surface area (Å²) in [4.78, 5) is 5.25. The van der Waals surface area contributed by atoms with Gasteiger partial charge >= 0.3 is 0 Å². The van der Waals surface area contributed by atoms with E-state index in [1.807, 2.05) is 12.3 Å². The quantitative estimate of drug-likeness (QED) is 0.696. The molecule has 1 nitrogen and oxygen atoms in total. The van der Waals surface area contributed by atoms with Crippen molar-refractivity contribution in [3.8, 4) is 0 Å². The number of halogens is 1. The van der Waals surface area contributed by atoms with E-state index in [1.54, 1.807) is 0 Å². The third-order valence-corrected chi connectivity index (χ3v) is 4.55. The Labute approximate surface area is 110 Å². The summed E-state index contributed by atoms with van der Waals surface area (Å²) in [6, 6.07) is 10.7. The van der Waals surface area contributed by atoms with Gasteiger partial charge in [-0.1, -0.05) is 46.6 Å². The Hall–Kier alpha value is -0.890. The fourth-order valence-electron chi connectivity index (χ4n) is 2.87. The molecule has 0 bridgehead atoms. The van der Waals surface area contributed by atoms with E-state index >= 15 is 0 Å². The summed E-state index contributed by atoms with van der Waals surface area (Å²) in [6.45, 7) is 0. The molecule has 2 heteroatoms. The van der Waals surface area contributed by atoms with Crippen LogP contribution in [0.5, 0.6) is 0 Å². The molecule has 1 fully saturated rings. The van der Waals surface area contributed by atoms with Crippen LogP contribution in [0.2, 0.25) is 0 Å². The largest absolute Gasteiger partial charge is 0.256 e. The smallest absolute Gasteiger partial charge is 0.0736 e. The molecule has 2 aromatic rings. The molecular formula is C15H16BrN. The third-order valence-electron chi connectivity index (χ3n) is 3.71. The van der Waals surface area contributed by atoms with Crippen molar-refractivity contribution < 1.29 is 0 Å². The van der Waals surface area contributed by atoms with Crippen molar-refractivity contribution in [2.75, 3.05) is 0 Å². The second-order valence-electron chi connectivity index (χ2n) is 4.88. The molecule has 2 unspecified atom stereocenters. The fraction of sp³-hybridized carbons (Fsp3) is 0.400. The van der Waals surface area contributed by atoms with Gasteiger partial charge in [0.25, 0.3) is 0 Å². The fourth-order valence-corrected chi connectivity index (χ4v) is 3.64. The Kier molecular flexibility index (Phi) is 3.15. The normalized spacial score (nSPS) is 25.0.